The van der Waals surface area contributed by atoms with E-state index in [0.717, 1.165) is 0 Å². The van der Waals surface area contributed by atoms with Crippen molar-refractivity contribution in [1.82, 2.24) is 0 Å². The van der Waals surface area contributed by atoms with Gasteiger partial charge in [-0.3, -0.25) is 4.79 Å². The minimum Gasteiger partial charge on any atom is -0.493 e. The molecular weight excluding hydrogens is 360 g/mol. The Morgan fingerprint density at radius 3 is 1.88 bits per heavy atom. The molecule has 2 aromatic rings. The predicted molar refractivity (Wildman–Crippen MR) is 96.8 cm³/mol. The van der Waals surface area contributed by atoms with Crippen molar-refractivity contribution >= 4 is 23.4 Å². The SMILES string of the molecule is COc1cc(C(=O)OC(C)C(=O)c2ccc(Cl)cc2)cc(OC)c1OC. The van der Waals surface area contributed by atoms with Crippen LogP contribution in [0.25, 0.3) is 0 Å². The van der Waals surface area contributed by atoms with Crippen LogP contribution in [-0.2, 0) is 4.74 Å². The number of carbonyl (C=O) groups excluding carboxylic acids is 2. The van der Waals surface area contributed by atoms with E-state index in [0.29, 0.717) is 27.8 Å². The lowest BCUT2D eigenvalue weighted by Crippen LogP contribution is -2.24. The average Bonchev–Trinajstić information content (AvgIpc) is 2.66. The van der Waals surface area contributed by atoms with E-state index >= 15 is 0 Å². The van der Waals surface area contributed by atoms with Crippen molar-refractivity contribution in [2.24, 2.45) is 0 Å². The van der Waals surface area contributed by atoms with E-state index in [4.69, 9.17) is 30.5 Å². The first kappa shape index (κ1) is 19.6. The van der Waals surface area contributed by atoms with Crippen LogP contribution in [0.2, 0.25) is 5.02 Å². The topological polar surface area (TPSA) is 71.1 Å². The molecule has 1 atom stereocenters. The molecule has 2 rings (SSSR count). The Morgan fingerprint density at radius 1 is 0.885 bits per heavy atom. The number of Topliss-reactive ketones (excluding diaryl/α,β-unsaturated/α-hetero) is 1. The molecule has 0 saturated heterocycles. The third-order valence-corrected chi connectivity index (χ3v) is 3.93. The zero-order valence-electron chi connectivity index (χ0n) is 14.9. The molecule has 0 N–H and O–H groups in total. The van der Waals surface area contributed by atoms with Crippen LogP contribution < -0.4 is 14.2 Å². The maximum atomic E-state index is 12.4. The molecule has 0 radical (unpaired) electrons. The first-order valence-electron chi connectivity index (χ1n) is 7.72. The van der Waals surface area contributed by atoms with Crippen LogP contribution in [0.15, 0.2) is 36.4 Å². The van der Waals surface area contributed by atoms with Gasteiger partial charge in [-0.25, -0.2) is 4.79 Å². The second-order valence-electron chi connectivity index (χ2n) is 5.33. The van der Waals surface area contributed by atoms with Gasteiger partial charge in [0.2, 0.25) is 11.5 Å². The third kappa shape index (κ3) is 4.26. The molecule has 0 amide bonds. The Balaban J connectivity index is 2.21. The van der Waals surface area contributed by atoms with Crippen LogP contribution in [-0.4, -0.2) is 39.2 Å². The maximum absolute atomic E-state index is 12.4. The molecule has 6 nitrogen and oxygen atoms in total. The lowest BCUT2D eigenvalue weighted by molar-refractivity contribution is 0.0318. The highest BCUT2D eigenvalue weighted by Crippen LogP contribution is 2.38. The van der Waals surface area contributed by atoms with Crippen molar-refractivity contribution in [1.29, 1.82) is 0 Å². The van der Waals surface area contributed by atoms with Gasteiger partial charge in [0, 0.05) is 10.6 Å². The molecule has 0 heterocycles. The first-order valence-corrected chi connectivity index (χ1v) is 8.09. The highest BCUT2D eigenvalue weighted by atomic mass is 35.5. The molecule has 0 spiro atoms. The van der Waals surface area contributed by atoms with Crippen molar-refractivity contribution < 1.29 is 28.5 Å². The van der Waals surface area contributed by atoms with E-state index in [9.17, 15) is 9.59 Å². The summed E-state index contributed by atoms with van der Waals surface area (Å²) in [5, 5.41) is 0.517. The summed E-state index contributed by atoms with van der Waals surface area (Å²) in [5.41, 5.74) is 0.579. The summed E-state index contributed by atoms with van der Waals surface area (Å²) in [5.74, 6) is -0.0238. The van der Waals surface area contributed by atoms with E-state index < -0.39 is 12.1 Å². The highest BCUT2D eigenvalue weighted by molar-refractivity contribution is 6.30. The molecule has 0 fully saturated rings. The van der Waals surface area contributed by atoms with Crippen LogP contribution in [0.3, 0.4) is 0 Å². The van der Waals surface area contributed by atoms with Gasteiger partial charge in [-0.15, -0.1) is 0 Å². The van der Waals surface area contributed by atoms with E-state index in [-0.39, 0.29) is 11.3 Å². The van der Waals surface area contributed by atoms with Crippen LogP contribution in [0.5, 0.6) is 17.2 Å². The number of benzene rings is 2. The first-order chi connectivity index (χ1) is 12.4. The number of methoxy groups -OCH3 is 3. The van der Waals surface area contributed by atoms with E-state index in [2.05, 4.69) is 0 Å². The van der Waals surface area contributed by atoms with Crippen molar-refractivity contribution in [3.8, 4) is 17.2 Å². The monoisotopic (exact) mass is 378 g/mol. The van der Waals surface area contributed by atoms with Gasteiger partial charge in [-0.2, -0.15) is 0 Å². The summed E-state index contributed by atoms with van der Waals surface area (Å²) in [4.78, 5) is 24.8. The van der Waals surface area contributed by atoms with Gasteiger partial charge in [0.15, 0.2) is 17.6 Å². The molecule has 0 aliphatic carbocycles. The Hall–Kier alpha value is -2.73. The van der Waals surface area contributed by atoms with Gasteiger partial charge < -0.3 is 18.9 Å². The molecule has 0 aliphatic rings. The Morgan fingerprint density at radius 2 is 1.42 bits per heavy atom. The number of hydrogen-bond acceptors (Lipinski definition) is 6. The zero-order valence-corrected chi connectivity index (χ0v) is 15.6. The fourth-order valence-corrected chi connectivity index (χ4v) is 2.46. The van der Waals surface area contributed by atoms with Crippen molar-refractivity contribution in [3.05, 3.63) is 52.5 Å². The molecule has 2 aromatic carbocycles. The number of ketones is 1. The molecule has 1 unspecified atom stereocenters. The van der Waals surface area contributed by atoms with Gasteiger partial charge in [0.1, 0.15) is 0 Å². The number of rotatable bonds is 7. The van der Waals surface area contributed by atoms with Gasteiger partial charge in [0.05, 0.1) is 26.9 Å². The third-order valence-electron chi connectivity index (χ3n) is 3.68. The normalized spacial score (nSPS) is 11.4. The van der Waals surface area contributed by atoms with Crippen LogP contribution in [0.1, 0.15) is 27.6 Å². The predicted octanol–water partition coefficient (Wildman–Crippen LogP) is 3.79. The molecular formula is C19H19ClO6. The summed E-state index contributed by atoms with van der Waals surface area (Å²) < 4.78 is 20.9. The Kier molecular flexibility index (Phi) is 6.46. The largest absolute Gasteiger partial charge is 0.493 e. The number of esters is 1. The van der Waals surface area contributed by atoms with Crippen LogP contribution >= 0.6 is 11.6 Å². The quantitative estimate of drug-likeness (QED) is 0.539. The summed E-state index contributed by atoms with van der Waals surface area (Å²) in [6.45, 7) is 1.51. The fourth-order valence-electron chi connectivity index (χ4n) is 2.33. The maximum Gasteiger partial charge on any atom is 0.339 e. The Bertz CT molecular complexity index is 775. The van der Waals surface area contributed by atoms with E-state index in [1.54, 1.807) is 24.3 Å². The number of carbonyl (C=O) groups is 2. The average molecular weight is 379 g/mol. The van der Waals surface area contributed by atoms with Gasteiger partial charge in [-0.05, 0) is 43.3 Å². The van der Waals surface area contributed by atoms with Gasteiger partial charge in [0.25, 0.3) is 0 Å². The van der Waals surface area contributed by atoms with Crippen LogP contribution in [0.4, 0.5) is 0 Å². The van der Waals surface area contributed by atoms with Gasteiger partial charge >= 0.3 is 5.97 Å². The van der Waals surface area contributed by atoms with Crippen molar-refractivity contribution in [3.63, 3.8) is 0 Å². The molecule has 138 valence electrons. The second kappa shape index (κ2) is 8.58. The molecule has 7 heteroatoms. The molecule has 26 heavy (non-hydrogen) atoms. The van der Waals surface area contributed by atoms with Crippen LogP contribution in [0, 0.1) is 0 Å². The molecule has 0 saturated carbocycles. The van der Waals surface area contributed by atoms with E-state index in [1.165, 1.54) is 40.4 Å². The standard InChI is InChI=1S/C19H19ClO6/c1-11(17(21)12-5-7-14(20)8-6-12)26-19(22)13-9-15(23-2)18(25-4)16(10-13)24-3/h5-11H,1-4H3. The molecule has 0 bridgehead atoms. The van der Waals surface area contributed by atoms with E-state index in [1.807, 2.05) is 0 Å². The van der Waals surface area contributed by atoms with Crippen molar-refractivity contribution in [2.75, 3.05) is 21.3 Å². The lowest BCUT2D eigenvalue weighted by atomic mass is 10.1. The summed E-state index contributed by atoms with van der Waals surface area (Å²) in [6.07, 6.45) is -0.970. The minimum atomic E-state index is -0.970. The second-order valence-corrected chi connectivity index (χ2v) is 5.77. The smallest absolute Gasteiger partial charge is 0.339 e. The number of halogens is 1. The highest BCUT2D eigenvalue weighted by Gasteiger charge is 2.23. The van der Waals surface area contributed by atoms with Crippen molar-refractivity contribution in [2.45, 2.75) is 13.0 Å². The molecule has 0 aromatic heterocycles. The van der Waals surface area contributed by atoms with Gasteiger partial charge in [-0.1, -0.05) is 11.6 Å². The fraction of sp³-hybridized carbons (Fsp3) is 0.263. The Labute approximate surface area is 156 Å². The lowest BCUT2D eigenvalue weighted by Gasteiger charge is -2.15. The number of hydrogen-bond donors (Lipinski definition) is 0. The molecule has 0 aliphatic heterocycles. The summed E-state index contributed by atoms with van der Waals surface area (Å²) in [6, 6.07) is 9.28. The zero-order chi connectivity index (χ0) is 19.3. The minimum absolute atomic E-state index is 0.176. The summed E-state index contributed by atoms with van der Waals surface area (Å²) >= 11 is 5.81. The number of ether oxygens (including phenoxy) is 4. The summed E-state index contributed by atoms with van der Waals surface area (Å²) in [7, 11) is 4.35.